The number of nitrogens with one attached hydrogen (secondary N) is 2. The molecule has 0 saturated heterocycles. The first-order valence-electron chi connectivity index (χ1n) is 11.6. The van der Waals surface area contributed by atoms with Gasteiger partial charge >= 0.3 is 0 Å². The Kier molecular flexibility index (Phi) is 7.05. The van der Waals surface area contributed by atoms with Crippen molar-refractivity contribution in [2.75, 3.05) is 20.7 Å². The fraction of sp³-hybridized carbons (Fsp3) is 0.286. The van der Waals surface area contributed by atoms with E-state index in [4.69, 9.17) is 9.47 Å². The second-order valence-corrected chi connectivity index (χ2v) is 8.99. The highest BCUT2D eigenvalue weighted by atomic mass is 19.1. The molecular formula is C28H29FN2O4. The van der Waals surface area contributed by atoms with Crippen LogP contribution in [0.2, 0.25) is 0 Å². The van der Waals surface area contributed by atoms with Crippen molar-refractivity contribution in [3.05, 3.63) is 83.2 Å². The fourth-order valence-corrected chi connectivity index (χ4v) is 4.21. The SMILES string of the molecule is CNC(=O)C1c2cc(-c3cc(OC)cc(C(=O)NCC(C)C)c3)ccc2OC1c1ccc(F)cc1. The molecule has 0 aliphatic carbocycles. The summed E-state index contributed by atoms with van der Waals surface area (Å²) in [4.78, 5) is 25.6. The number of methoxy groups -OCH3 is 1. The molecule has 6 nitrogen and oxygen atoms in total. The molecule has 1 aliphatic heterocycles. The predicted molar refractivity (Wildman–Crippen MR) is 132 cm³/mol. The average Bonchev–Trinajstić information content (AvgIpc) is 3.25. The van der Waals surface area contributed by atoms with Crippen LogP contribution in [0.3, 0.4) is 0 Å². The fourth-order valence-electron chi connectivity index (χ4n) is 4.21. The highest BCUT2D eigenvalue weighted by molar-refractivity contribution is 5.96. The summed E-state index contributed by atoms with van der Waals surface area (Å²) in [5, 5.41) is 5.65. The van der Waals surface area contributed by atoms with Gasteiger partial charge in [0.25, 0.3) is 5.91 Å². The van der Waals surface area contributed by atoms with Crippen LogP contribution in [0, 0.1) is 11.7 Å². The van der Waals surface area contributed by atoms with E-state index in [9.17, 15) is 14.0 Å². The summed E-state index contributed by atoms with van der Waals surface area (Å²) in [6.45, 7) is 4.64. The molecule has 4 rings (SSSR count). The molecule has 1 aliphatic rings. The Balaban J connectivity index is 1.73. The normalized spacial score (nSPS) is 16.4. The third-order valence-electron chi connectivity index (χ3n) is 6.04. The van der Waals surface area contributed by atoms with E-state index in [2.05, 4.69) is 10.6 Å². The molecule has 0 radical (unpaired) electrons. The van der Waals surface area contributed by atoms with Crippen molar-refractivity contribution < 1.29 is 23.5 Å². The topological polar surface area (TPSA) is 76.7 Å². The monoisotopic (exact) mass is 476 g/mol. The number of fused-ring (bicyclic) bond motifs is 1. The van der Waals surface area contributed by atoms with E-state index in [-0.39, 0.29) is 17.6 Å². The number of benzene rings is 3. The van der Waals surface area contributed by atoms with Gasteiger partial charge in [0.15, 0.2) is 0 Å². The number of halogens is 1. The van der Waals surface area contributed by atoms with Crippen LogP contribution in [0.25, 0.3) is 11.1 Å². The molecule has 182 valence electrons. The summed E-state index contributed by atoms with van der Waals surface area (Å²) in [5.41, 5.74) is 3.53. The van der Waals surface area contributed by atoms with E-state index in [0.717, 1.165) is 16.7 Å². The summed E-state index contributed by atoms with van der Waals surface area (Å²) in [5.74, 6) is 0.138. The molecule has 35 heavy (non-hydrogen) atoms. The van der Waals surface area contributed by atoms with Crippen LogP contribution in [-0.2, 0) is 4.79 Å². The van der Waals surface area contributed by atoms with Crippen molar-refractivity contribution in [1.82, 2.24) is 10.6 Å². The maximum atomic E-state index is 13.5. The summed E-state index contributed by atoms with van der Waals surface area (Å²) >= 11 is 0. The molecule has 2 amide bonds. The first-order chi connectivity index (χ1) is 16.8. The number of carbonyl (C=O) groups is 2. The lowest BCUT2D eigenvalue weighted by Gasteiger charge is -2.18. The molecule has 2 N–H and O–H groups in total. The third kappa shape index (κ3) is 5.14. The van der Waals surface area contributed by atoms with Gasteiger partial charge < -0.3 is 20.1 Å². The minimum atomic E-state index is -0.611. The van der Waals surface area contributed by atoms with Gasteiger partial charge in [0.1, 0.15) is 29.3 Å². The molecule has 3 aromatic carbocycles. The average molecular weight is 477 g/mol. The summed E-state index contributed by atoms with van der Waals surface area (Å²) in [6, 6.07) is 17.0. The van der Waals surface area contributed by atoms with Crippen molar-refractivity contribution in [2.45, 2.75) is 25.9 Å². The van der Waals surface area contributed by atoms with E-state index >= 15 is 0 Å². The summed E-state index contributed by atoms with van der Waals surface area (Å²) < 4.78 is 25.1. The van der Waals surface area contributed by atoms with Gasteiger partial charge in [-0.3, -0.25) is 9.59 Å². The standard InChI is InChI=1S/C28H29FN2O4/c1-16(2)15-31-27(32)20-11-19(12-22(13-20)34-4)18-7-10-24-23(14-18)25(28(33)30-3)26(35-24)17-5-8-21(29)9-6-17/h5-14,16,25-26H,15H2,1-4H3,(H,30,33)(H,31,32). The second-order valence-electron chi connectivity index (χ2n) is 8.99. The first kappa shape index (κ1) is 24.3. The Labute approximate surface area is 204 Å². The molecule has 0 spiro atoms. The van der Waals surface area contributed by atoms with Crippen LogP contribution in [0.15, 0.2) is 60.7 Å². The minimum Gasteiger partial charge on any atom is -0.497 e. The Morgan fingerprint density at radius 3 is 2.43 bits per heavy atom. The maximum Gasteiger partial charge on any atom is 0.251 e. The van der Waals surface area contributed by atoms with Crippen LogP contribution < -0.4 is 20.1 Å². The Bertz CT molecular complexity index is 1240. The molecule has 0 saturated carbocycles. The lowest BCUT2D eigenvalue weighted by molar-refractivity contribution is -0.123. The molecule has 2 unspecified atom stereocenters. The van der Waals surface area contributed by atoms with Crippen LogP contribution in [0.5, 0.6) is 11.5 Å². The van der Waals surface area contributed by atoms with Crippen molar-refractivity contribution in [1.29, 1.82) is 0 Å². The van der Waals surface area contributed by atoms with Crippen molar-refractivity contribution in [2.24, 2.45) is 5.92 Å². The molecule has 0 bridgehead atoms. The van der Waals surface area contributed by atoms with Gasteiger partial charge in [-0.15, -0.1) is 0 Å². The molecule has 3 aromatic rings. The van der Waals surface area contributed by atoms with Gasteiger partial charge in [-0.25, -0.2) is 4.39 Å². The zero-order chi connectivity index (χ0) is 25.1. The van der Waals surface area contributed by atoms with Gasteiger partial charge in [0, 0.05) is 24.7 Å². The van der Waals surface area contributed by atoms with E-state index in [1.807, 2.05) is 44.2 Å². The van der Waals surface area contributed by atoms with Crippen molar-refractivity contribution in [3.8, 4) is 22.6 Å². The quantitative estimate of drug-likeness (QED) is 0.511. The number of ether oxygens (including phenoxy) is 2. The van der Waals surface area contributed by atoms with E-state index in [0.29, 0.717) is 35.1 Å². The molecule has 1 heterocycles. The highest BCUT2D eigenvalue weighted by Crippen LogP contribution is 2.47. The molecular weight excluding hydrogens is 447 g/mol. The van der Waals surface area contributed by atoms with Crippen LogP contribution in [0.1, 0.15) is 47.4 Å². The zero-order valence-corrected chi connectivity index (χ0v) is 20.2. The first-order valence-corrected chi connectivity index (χ1v) is 11.6. The predicted octanol–water partition coefficient (Wildman–Crippen LogP) is 4.85. The number of likely N-dealkylation sites (N-methyl/N-ethyl adjacent to an activating group) is 1. The molecule has 2 atom stereocenters. The largest absolute Gasteiger partial charge is 0.497 e. The number of rotatable bonds is 7. The third-order valence-corrected chi connectivity index (χ3v) is 6.04. The van der Waals surface area contributed by atoms with Gasteiger partial charge in [0.05, 0.1) is 7.11 Å². The van der Waals surface area contributed by atoms with Crippen molar-refractivity contribution >= 4 is 11.8 Å². The molecule has 7 heteroatoms. The highest BCUT2D eigenvalue weighted by Gasteiger charge is 2.40. The number of amides is 2. The molecule has 0 aromatic heterocycles. The van der Waals surface area contributed by atoms with Crippen LogP contribution in [-0.4, -0.2) is 32.5 Å². The number of carbonyl (C=O) groups excluding carboxylic acids is 2. The zero-order valence-electron chi connectivity index (χ0n) is 20.2. The minimum absolute atomic E-state index is 0.178. The van der Waals surface area contributed by atoms with Gasteiger partial charge in [-0.1, -0.05) is 32.0 Å². The van der Waals surface area contributed by atoms with E-state index in [1.54, 1.807) is 32.4 Å². The lowest BCUT2D eigenvalue weighted by Crippen LogP contribution is -2.28. The summed E-state index contributed by atoms with van der Waals surface area (Å²) in [6.07, 6.45) is -0.580. The van der Waals surface area contributed by atoms with Crippen molar-refractivity contribution in [3.63, 3.8) is 0 Å². The van der Waals surface area contributed by atoms with Gasteiger partial charge in [-0.05, 0) is 65.1 Å². The molecule has 0 fully saturated rings. The second kappa shape index (κ2) is 10.2. The smallest absolute Gasteiger partial charge is 0.251 e. The Hall–Kier alpha value is -3.87. The Morgan fingerprint density at radius 2 is 1.77 bits per heavy atom. The lowest BCUT2D eigenvalue weighted by atomic mass is 9.88. The number of hydrogen-bond acceptors (Lipinski definition) is 4. The van der Waals surface area contributed by atoms with Gasteiger partial charge in [0.2, 0.25) is 5.91 Å². The van der Waals surface area contributed by atoms with Crippen LogP contribution >= 0.6 is 0 Å². The Morgan fingerprint density at radius 1 is 1.03 bits per heavy atom. The maximum absolute atomic E-state index is 13.5. The van der Waals surface area contributed by atoms with E-state index in [1.165, 1.54) is 12.1 Å². The van der Waals surface area contributed by atoms with Gasteiger partial charge in [-0.2, -0.15) is 0 Å². The van der Waals surface area contributed by atoms with Crippen LogP contribution in [0.4, 0.5) is 4.39 Å². The van der Waals surface area contributed by atoms with E-state index < -0.39 is 12.0 Å². The number of hydrogen-bond donors (Lipinski definition) is 2. The summed E-state index contributed by atoms with van der Waals surface area (Å²) in [7, 11) is 3.14.